The van der Waals surface area contributed by atoms with Gasteiger partial charge in [0.2, 0.25) is 0 Å². The molecule has 0 aromatic heterocycles. The molecule has 0 bridgehead atoms. The smallest absolute Gasteiger partial charge is 0.0477 e. The van der Waals surface area contributed by atoms with Gasteiger partial charge in [0, 0.05) is 23.7 Å². The molecular formula is C17H21Br2ClN2. The van der Waals surface area contributed by atoms with E-state index in [1.807, 2.05) is 12.1 Å². The number of hydrogen-bond donors (Lipinski definition) is 2. The Labute approximate surface area is 158 Å². The zero-order valence-corrected chi connectivity index (χ0v) is 16.3. The van der Waals surface area contributed by atoms with E-state index in [1.54, 1.807) is 0 Å². The van der Waals surface area contributed by atoms with Gasteiger partial charge in [-0.05, 0) is 36.2 Å². The third-order valence-electron chi connectivity index (χ3n) is 3.84. The summed E-state index contributed by atoms with van der Waals surface area (Å²) in [5.41, 5.74) is 2.59. The van der Waals surface area contributed by atoms with Gasteiger partial charge in [-0.3, -0.25) is 0 Å². The Kier molecular flexibility index (Phi) is 8.65. The first-order valence-corrected chi connectivity index (χ1v) is 7.47. The van der Waals surface area contributed by atoms with Gasteiger partial charge < -0.3 is 10.6 Å². The molecule has 2 aromatic rings. The van der Waals surface area contributed by atoms with E-state index in [2.05, 4.69) is 53.1 Å². The van der Waals surface area contributed by atoms with E-state index in [4.69, 9.17) is 11.6 Å². The van der Waals surface area contributed by atoms with E-state index in [9.17, 15) is 0 Å². The van der Waals surface area contributed by atoms with Crippen LogP contribution < -0.4 is 10.6 Å². The van der Waals surface area contributed by atoms with Gasteiger partial charge in [0.05, 0.1) is 0 Å². The summed E-state index contributed by atoms with van der Waals surface area (Å²) in [5, 5.41) is 8.03. The van der Waals surface area contributed by atoms with Gasteiger partial charge in [-0.2, -0.15) is 0 Å². The monoisotopic (exact) mass is 446 g/mol. The van der Waals surface area contributed by atoms with Crippen molar-refractivity contribution in [1.29, 1.82) is 0 Å². The molecule has 1 aliphatic rings. The fourth-order valence-electron chi connectivity index (χ4n) is 2.82. The molecule has 5 heteroatoms. The second-order valence-electron chi connectivity index (χ2n) is 5.25. The lowest BCUT2D eigenvalue weighted by Gasteiger charge is -2.21. The zero-order chi connectivity index (χ0) is 13.8. The van der Waals surface area contributed by atoms with Gasteiger partial charge in [0.1, 0.15) is 0 Å². The number of hydrogen-bond acceptors (Lipinski definition) is 2. The maximum atomic E-state index is 6.10. The summed E-state index contributed by atoms with van der Waals surface area (Å²) in [5.74, 6) is 0. The van der Waals surface area contributed by atoms with E-state index >= 15 is 0 Å². The molecule has 2 atom stereocenters. The third-order valence-corrected chi connectivity index (χ3v) is 4.08. The van der Waals surface area contributed by atoms with Crippen LogP contribution in [-0.2, 0) is 6.54 Å². The van der Waals surface area contributed by atoms with Crippen molar-refractivity contribution >= 4 is 45.6 Å². The highest BCUT2D eigenvalue weighted by atomic mass is 79.9. The minimum Gasteiger partial charge on any atom is -0.309 e. The summed E-state index contributed by atoms with van der Waals surface area (Å²) in [6, 6.07) is 19.5. The largest absolute Gasteiger partial charge is 0.309 e. The second-order valence-corrected chi connectivity index (χ2v) is 5.68. The van der Waals surface area contributed by atoms with Crippen LogP contribution in [0.4, 0.5) is 0 Å². The number of benzene rings is 2. The lowest BCUT2D eigenvalue weighted by atomic mass is 10.0. The normalized spacial score (nSPS) is 20.0. The maximum Gasteiger partial charge on any atom is 0.0477 e. The molecule has 3 rings (SSSR count). The summed E-state index contributed by atoms with van der Waals surface area (Å²) in [6.07, 6.45) is 1.14. The minimum absolute atomic E-state index is 0. The van der Waals surface area contributed by atoms with E-state index in [-0.39, 0.29) is 34.0 Å². The zero-order valence-electron chi connectivity index (χ0n) is 12.2. The molecule has 2 unspecified atom stereocenters. The fourth-order valence-corrected chi connectivity index (χ4v) is 3.02. The molecule has 0 aliphatic carbocycles. The second kappa shape index (κ2) is 9.68. The van der Waals surface area contributed by atoms with E-state index < -0.39 is 0 Å². The van der Waals surface area contributed by atoms with Crippen molar-refractivity contribution in [3.63, 3.8) is 0 Å². The summed E-state index contributed by atoms with van der Waals surface area (Å²) in [6.45, 7) is 1.95. The van der Waals surface area contributed by atoms with Gasteiger partial charge in [0.25, 0.3) is 0 Å². The molecule has 22 heavy (non-hydrogen) atoms. The van der Waals surface area contributed by atoms with Gasteiger partial charge in [-0.25, -0.2) is 0 Å². The number of nitrogens with one attached hydrogen (secondary N) is 2. The van der Waals surface area contributed by atoms with Crippen LogP contribution in [0.25, 0.3) is 0 Å². The molecule has 2 N–H and O–H groups in total. The molecular weight excluding hydrogens is 427 g/mol. The first kappa shape index (κ1) is 19.7. The Morgan fingerprint density at radius 3 is 2.55 bits per heavy atom. The molecule has 1 saturated heterocycles. The van der Waals surface area contributed by atoms with Crippen LogP contribution in [-0.4, -0.2) is 12.6 Å². The van der Waals surface area contributed by atoms with E-state index in [1.165, 1.54) is 11.1 Å². The molecule has 0 radical (unpaired) electrons. The molecule has 1 heterocycles. The molecule has 0 amide bonds. The van der Waals surface area contributed by atoms with Crippen molar-refractivity contribution in [1.82, 2.24) is 10.6 Å². The Morgan fingerprint density at radius 1 is 1.05 bits per heavy atom. The van der Waals surface area contributed by atoms with Crippen molar-refractivity contribution in [2.75, 3.05) is 6.54 Å². The molecule has 1 fully saturated rings. The van der Waals surface area contributed by atoms with Gasteiger partial charge >= 0.3 is 0 Å². The highest BCUT2D eigenvalue weighted by Gasteiger charge is 2.27. The number of rotatable bonds is 4. The lowest BCUT2D eigenvalue weighted by Crippen LogP contribution is -2.33. The SMILES string of the molecule is Br.Br.Clc1cccc(C2NCCC2NCc2ccccc2)c1. The van der Waals surface area contributed by atoms with Crippen LogP contribution in [0.15, 0.2) is 54.6 Å². The first-order chi connectivity index (χ1) is 9.83. The van der Waals surface area contributed by atoms with E-state index in [0.29, 0.717) is 12.1 Å². The number of halogens is 3. The van der Waals surface area contributed by atoms with Crippen molar-refractivity contribution in [2.45, 2.75) is 25.0 Å². The van der Waals surface area contributed by atoms with Gasteiger partial charge in [-0.1, -0.05) is 54.1 Å². The standard InChI is InChI=1S/C17H19ClN2.2BrH/c18-15-8-4-7-14(11-15)17-16(9-10-19-17)20-12-13-5-2-1-3-6-13;;/h1-8,11,16-17,19-20H,9-10,12H2;2*1H. The van der Waals surface area contributed by atoms with Crippen LogP contribution in [0.3, 0.4) is 0 Å². The predicted molar refractivity (Wildman–Crippen MR) is 105 cm³/mol. The Balaban J connectivity index is 0.00000121. The highest BCUT2D eigenvalue weighted by molar-refractivity contribution is 8.93. The average molecular weight is 449 g/mol. The first-order valence-electron chi connectivity index (χ1n) is 7.09. The molecule has 1 aliphatic heterocycles. The van der Waals surface area contributed by atoms with Gasteiger partial charge in [0.15, 0.2) is 0 Å². The van der Waals surface area contributed by atoms with Crippen LogP contribution >= 0.6 is 45.6 Å². The Bertz CT molecular complexity index is 566. The summed E-state index contributed by atoms with van der Waals surface area (Å²) < 4.78 is 0. The Morgan fingerprint density at radius 2 is 1.82 bits per heavy atom. The molecule has 0 spiro atoms. The minimum atomic E-state index is 0. The molecule has 2 nitrogen and oxygen atoms in total. The maximum absolute atomic E-state index is 6.10. The van der Waals surface area contributed by atoms with E-state index in [0.717, 1.165) is 24.5 Å². The van der Waals surface area contributed by atoms with Crippen LogP contribution in [0, 0.1) is 0 Å². The molecule has 2 aromatic carbocycles. The molecule has 120 valence electrons. The summed E-state index contributed by atoms with van der Waals surface area (Å²) >= 11 is 6.10. The van der Waals surface area contributed by atoms with Crippen LogP contribution in [0.5, 0.6) is 0 Å². The summed E-state index contributed by atoms with van der Waals surface area (Å²) in [4.78, 5) is 0. The predicted octanol–water partition coefficient (Wildman–Crippen LogP) is 4.69. The Hall–Kier alpha value is -0.390. The third kappa shape index (κ3) is 5.07. The fraction of sp³-hybridized carbons (Fsp3) is 0.294. The molecule has 0 saturated carbocycles. The van der Waals surface area contributed by atoms with Crippen LogP contribution in [0.1, 0.15) is 23.6 Å². The average Bonchev–Trinajstić information content (AvgIpc) is 2.95. The summed E-state index contributed by atoms with van der Waals surface area (Å²) in [7, 11) is 0. The van der Waals surface area contributed by atoms with Crippen molar-refractivity contribution in [3.8, 4) is 0 Å². The quantitative estimate of drug-likeness (QED) is 0.709. The topological polar surface area (TPSA) is 24.1 Å². The van der Waals surface area contributed by atoms with Crippen molar-refractivity contribution < 1.29 is 0 Å². The van der Waals surface area contributed by atoms with Crippen molar-refractivity contribution in [2.24, 2.45) is 0 Å². The van der Waals surface area contributed by atoms with Crippen molar-refractivity contribution in [3.05, 3.63) is 70.7 Å². The van der Waals surface area contributed by atoms with Gasteiger partial charge in [-0.15, -0.1) is 34.0 Å². The highest BCUT2D eigenvalue weighted by Crippen LogP contribution is 2.26. The van der Waals surface area contributed by atoms with Crippen LogP contribution in [0.2, 0.25) is 5.02 Å². The lowest BCUT2D eigenvalue weighted by molar-refractivity contribution is 0.461.